The van der Waals surface area contributed by atoms with Crippen LogP contribution >= 0.6 is 0 Å². The molecule has 0 bridgehead atoms. The fraction of sp³-hybridized carbons (Fsp3) is 0.167. The molecule has 4 nitrogen and oxygen atoms in total. The summed E-state index contributed by atoms with van der Waals surface area (Å²) in [5.74, 6) is 0.515. The van der Waals surface area contributed by atoms with E-state index in [0.717, 1.165) is 11.3 Å². The Labute approximate surface area is 94.1 Å². The number of ether oxygens (including phenoxy) is 1. The molecule has 1 heterocycles. The van der Waals surface area contributed by atoms with Crippen LogP contribution in [0.2, 0.25) is 0 Å². The summed E-state index contributed by atoms with van der Waals surface area (Å²) in [6.45, 7) is 0.892. The minimum absolute atomic E-state index is 0.395. The third-order valence-corrected chi connectivity index (χ3v) is 2.12. The molecule has 16 heavy (non-hydrogen) atoms. The van der Waals surface area contributed by atoms with Crippen LogP contribution in [0, 0.1) is 0 Å². The molecule has 0 unspecified atom stereocenters. The van der Waals surface area contributed by atoms with Crippen molar-refractivity contribution in [2.75, 3.05) is 0 Å². The van der Waals surface area contributed by atoms with Crippen LogP contribution < -0.4 is 10.5 Å². The van der Waals surface area contributed by atoms with Crippen molar-refractivity contribution in [3.63, 3.8) is 0 Å². The maximum atomic E-state index is 5.48. The second kappa shape index (κ2) is 5.23. The van der Waals surface area contributed by atoms with Crippen LogP contribution in [0.25, 0.3) is 0 Å². The van der Waals surface area contributed by atoms with Gasteiger partial charge in [0.15, 0.2) is 0 Å². The van der Waals surface area contributed by atoms with Gasteiger partial charge in [0.25, 0.3) is 0 Å². The third kappa shape index (κ3) is 2.77. The first-order valence-corrected chi connectivity index (χ1v) is 5.06. The smallest absolute Gasteiger partial charge is 0.232 e. The van der Waals surface area contributed by atoms with E-state index in [4.69, 9.17) is 10.5 Å². The Bertz CT molecular complexity index is 428. The fourth-order valence-electron chi connectivity index (χ4n) is 1.25. The van der Waals surface area contributed by atoms with Crippen LogP contribution in [0.15, 0.2) is 42.7 Å². The van der Waals surface area contributed by atoms with Gasteiger partial charge >= 0.3 is 0 Å². The van der Waals surface area contributed by atoms with Gasteiger partial charge in [-0.25, -0.2) is 4.98 Å². The van der Waals surface area contributed by atoms with E-state index in [1.165, 1.54) is 0 Å². The van der Waals surface area contributed by atoms with Gasteiger partial charge in [-0.15, -0.1) is 0 Å². The summed E-state index contributed by atoms with van der Waals surface area (Å²) in [5.41, 5.74) is 7.28. The lowest BCUT2D eigenvalue weighted by molar-refractivity contribution is 0.292. The third-order valence-electron chi connectivity index (χ3n) is 2.12. The Balaban J connectivity index is 1.94. The summed E-state index contributed by atoms with van der Waals surface area (Å²) >= 11 is 0. The van der Waals surface area contributed by atoms with Crippen molar-refractivity contribution < 1.29 is 4.74 Å². The molecule has 4 heteroatoms. The second-order valence-corrected chi connectivity index (χ2v) is 3.32. The summed E-state index contributed by atoms with van der Waals surface area (Å²) in [4.78, 5) is 8.20. The van der Waals surface area contributed by atoms with Crippen molar-refractivity contribution in [2.45, 2.75) is 13.2 Å². The maximum Gasteiger partial charge on any atom is 0.232 e. The average Bonchev–Trinajstić information content (AvgIpc) is 2.38. The van der Waals surface area contributed by atoms with Gasteiger partial charge in [0, 0.05) is 6.54 Å². The van der Waals surface area contributed by atoms with Gasteiger partial charge in [-0.1, -0.05) is 30.3 Å². The molecular weight excluding hydrogens is 202 g/mol. The molecule has 2 N–H and O–H groups in total. The molecule has 0 atom stereocenters. The molecule has 2 aromatic rings. The molecule has 0 fully saturated rings. The highest BCUT2D eigenvalue weighted by atomic mass is 16.5. The fourth-order valence-corrected chi connectivity index (χ4v) is 1.25. The standard InChI is InChI=1S/C12H13N3O/c13-6-11-7-15-12(8-14-11)16-9-10-4-2-1-3-5-10/h1-5,7-8H,6,9,13H2. The monoisotopic (exact) mass is 215 g/mol. The zero-order valence-electron chi connectivity index (χ0n) is 8.84. The minimum atomic E-state index is 0.395. The van der Waals surface area contributed by atoms with Crippen LogP contribution in [0.4, 0.5) is 0 Å². The number of aromatic nitrogens is 2. The normalized spacial score (nSPS) is 10.1. The van der Waals surface area contributed by atoms with E-state index >= 15 is 0 Å². The van der Waals surface area contributed by atoms with E-state index in [1.807, 2.05) is 30.3 Å². The lowest BCUT2D eigenvalue weighted by atomic mass is 10.2. The molecular formula is C12H13N3O. The summed E-state index contributed by atoms with van der Waals surface area (Å²) < 4.78 is 5.48. The molecule has 0 amide bonds. The maximum absolute atomic E-state index is 5.48. The summed E-state index contributed by atoms with van der Waals surface area (Å²) in [7, 11) is 0. The minimum Gasteiger partial charge on any atom is -0.472 e. The Hall–Kier alpha value is -1.94. The van der Waals surface area contributed by atoms with Crippen molar-refractivity contribution in [3.8, 4) is 5.88 Å². The lowest BCUT2D eigenvalue weighted by Gasteiger charge is -2.04. The van der Waals surface area contributed by atoms with Crippen LogP contribution in [-0.4, -0.2) is 9.97 Å². The second-order valence-electron chi connectivity index (χ2n) is 3.32. The van der Waals surface area contributed by atoms with E-state index < -0.39 is 0 Å². The average molecular weight is 215 g/mol. The van der Waals surface area contributed by atoms with E-state index in [2.05, 4.69) is 9.97 Å². The molecule has 82 valence electrons. The first-order valence-electron chi connectivity index (χ1n) is 5.06. The number of hydrogen-bond acceptors (Lipinski definition) is 4. The van der Waals surface area contributed by atoms with Crippen LogP contribution in [-0.2, 0) is 13.2 Å². The molecule has 1 aromatic carbocycles. The molecule has 0 saturated carbocycles. The van der Waals surface area contributed by atoms with Crippen molar-refractivity contribution in [1.82, 2.24) is 9.97 Å². The number of hydrogen-bond donors (Lipinski definition) is 1. The molecule has 0 saturated heterocycles. The summed E-state index contributed by atoms with van der Waals surface area (Å²) in [5, 5.41) is 0. The SMILES string of the molecule is NCc1cnc(OCc2ccccc2)cn1. The van der Waals surface area contributed by atoms with Crippen LogP contribution in [0.5, 0.6) is 5.88 Å². The lowest BCUT2D eigenvalue weighted by Crippen LogP contribution is -2.02. The highest BCUT2D eigenvalue weighted by Crippen LogP contribution is 2.07. The van der Waals surface area contributed by atoms with Crippen molar-refractivity contribution in [3.05, 3.63) is 54.0 Å². The van der Waals surface area contributed by atoms with Crippen LogP contribution in [0.1, 0.15) is 11.3 Å². The highest BCUT2D eigenvalue weighted by molar-refractivity contribution is 5.15. The summed E-state index contributed by atoms with van der Waals surface area (Å²) in [6, 6.07) is 9.92. The number of rotatable bonds is 4. The number of nitrogens with two attached hydrogens (primary N) is 1. The van der Waals surface area contributed by atoms with Crippen molar-refractivity contribution >= 4 is 0 Å². The van der Waals surface area contributed by atoms with Gasteiger partial charge in [0.1, 0.15) is 6.61 Å². The van der Waals surface area contributed by atoms with E-state index in [1.54, 1.807) is 12.4 Å². The molecule has 0 aliphatic carbocycles. The molecule has 0 radical (unpaired) electrons. The largest absolute Gasteiger partial charge is 0.472 e. The predicted molar refractivity (Wildman–Crippen MR) is 60.7 cm³/mol. The first kappa shape index (κ1) is 10.6. The Morgan fingerprint density at radius 1 is 1.06 bits per heavy atom. The number of benzene rings is 1. The van der Waals surface area contributed by atoms with Gasteiger partial charge in [0.05, 0.1) is 18.1 Å². The van der Waals surface area contributed by atoms with Gasteiger partial charge < -0.3 is 10.5 Å². The highest BCUT2D eigenvalue weighted by Gasteiger charge is 1.97. The zero-order valence-corrected chi connectivity index (χ0v) is 8.84. The van der Waals surface area contributed by atoms with Gasteiger partial charge in [-0.3, -0.25) is 4.98 Å². The Morgan fingerprint density at radius 2 is 1.88 bits per heavy atom. The quantitative estimate of drug-likeness (QED) is 0.839. The topological polar surface area (TPSA) is 61.0 Å². The molecule has 1 aromatic heterocycles. The summed E-state index contributed by atoms with van der Waals surface area (Å²) in [6.07, 6.45) is 3.21. The van der Waals surface area contributed by atoms with Gasteiger partial charge in [-0.2, -0.15) is 0 Å². The number of nitrogens with zero attached hydrogens (tertiary/aromatic N) is 2. The van der Waals surface area contributed by atoms with Gasteiger partial charge in [-0.05, 0) is 5.56 Å². The Kier molecular flexibility index (Phi) is 3.46. The first-order chi connectivity index (χ1) is 7.88. The van der Waals surface area contributed by atoms with E-state index in [0.29, 0.717) is 19.0 Å². The zero-order chi connectivity index (χ0) is 11.2. The molecule has 0 aliphatic rings. The molecule has 0 aliphatic heterocycles. The van der Waals surface area contributed by atoms with Crippen LogP contribution in [0.3, 0.4) is 0 Å². The van der Waals surface area contributed by atoms with Crippen molar-refractivity contribution in [1.29, 1.82) is 0 Å². The predicted octanol–water partition coefficient (Wildman–Crippen LogP) is 1.51. The van der Waals surface area contributed by atoms with Crippen molar-refractivity contribution in [2.24, 2.45) is 5.73 Å². The Morgan fingerprint density at radius 3 is 2.50 bits per heavy atom. The molecule has 2 rings (SSSR count). The molecule has 0 spiro atoms. The van der Waals surface area contributed by atoms with E-state index in [-0.39, 0.29) is 0 Å². The van der Waals surface area contributed by atoms with E-state index in [9.17, 15) is 0 Å². The van der Waals surface area contributed by atoms with Gasteiger partial charge in [0.2, 0.25) is 5.88 Å².